The second kappa shape index (κ2) is 12.6. The molecule has 210 valence electrons. The summed E-state index contributed by atoms with van der Waals surface area (Å²) in [7, 11) is 0. The van der Waals surface area contributed by atoms with Gasteiger partial charge in [-0.05, 0) is 83.5 Å². The number of benzene rings is 3. The van der Waals surface area contributed by atoms with Gasteiger partial charge >= 0.3 is 5.97 Å². The number of hydrogen-bond donors (Lipinski definition) is 2. The summed E-state index contributed by atoms with van der Waals surface area (Å²) < 4.78 is 22.6. The first-order valence-electron chi connectivity index (χ1n) is 14.0. The molecule has 1 fully saturated rings. The zero-order chi connectivity index (χ0) is 28.1. The molecule has 40 heavy (non-hydrogen) atoms. The van der Waals surface area contributed by atoms with E-state index in [1.807, 2.05) is 74.5 Å². The molecular weight excluding hydrogens is 506 g/mol. The molecule has 0 spiro atoms. The van der Waals surface area contributed by atoms with E-state index in [1.54, 1.807) is 0 Å². The van der Waals surface area contributed by atoms with Gasteiger partial charge in [0.15, 0.2) is 11.5 Å². The maximum atomic E-state index is 12.2. The van der Waals surface area contributed by atoms with Crippen LogP contribution in [-0.4, -0.2) is 43.2 Å². The molecule has 0 radical (unpaired) electrons. The highest BCUT2D eigenvalue weighted by Crippen LogP contribution is 2.40. The van der Waals surface area contributed by atoms with Crippen molar-refractivity contribution in [3.8, 4) is 23.0 Å². The van der Waals surface area contributed by atoms with Gasteiger partial charge in [-0.25, -0.2) is 0 Å². The van der Waals surface area contributed by atoms with Crippen LogP contribution in [0.15, 0.2) is 66.7 Å². The predicted octanol–water partition coefficient (Wildman–Crippen LogP) is 5.84. The Morgan fingerprint density at radius 3 is 2.17 bits per heavy atom. The Morgan fingerprint density at radius 1 is 0.925 bits per heavy atom. The van der Waals surface area contributed by atoms with Crippen LogP contribution in [0.2, 0.25) is 0 Å². The van der Waals surface area contributed by atoms with Crippen molar-refractivity contribution < 1.29 is 28.8 Å². The van der Waals surface area contributed by atoms with Crippen LogP contribution in [0.5, 0.6) is 23.0 Å². The minimum absolute atomic E-state index is 0.0427. The molecule has 1 aliphatic carbocycles. The van der Waals surface area contributed by atoms with Gasteiger partial charge < -0.3 is 29.4 Å². The molecule has 0 saturated heterocycles. The molecule has 0 bridgehead atoms. The predicted molar refractivity (Wildman–Crippen MR) is 155 cm³/mol. The van der Waals surface area contributed by atoms with Crippen molar-refractivity contribution in [2.24, 2.45) is 5.92 Å². The SMILES string of the molecule is CCC(=C(c1ccc(OCC(O)CNC(C)C)cc1)c1ccc(OC(=O)C2CC2)cc1)c1ccc2c(c1)OCO2. The molecule has 3 aromatic carbocycles. The van der Waals surface area contributed by atoms with Crippen molar-refractivity contribution in [1.29, 1.82) is 0 Å². The van der Waals surface area contributed by atoms with Crippen LogP contribution >= 0.6 is 0 Å². The molecule has 2 N–H and O–H groups in total. The van der Waals surface area contributed by atoms with Gasteiger partial charge in [0.25, 0.3) is 0 Å². The molecule has 1 heterocycles. The average molecular weight is 544 g/mol. The standard InChI is InChI=1S/C33H37NO6/c1-4-29(25-11-16-30-31(17-25)39-20-38-30)32(23-9-14-28(15-10-23)40-33(36)24-5-6-24)22-7-12-27(13-8-22)37-19-26(35)18-34-21(2)3/h7-17,21,24,26,34-35H,4-6,18-20H2,1-3H3. The van der Waals surface area contributed by atoms with E-state index in [4.69, 9.17) is 18.9 Å². The van der Waals surface area contributed by atoms with E-state index in [0.717, 1.165) is 58.6 Å². The molecule has 1 atom stereocenters. The van der Waals surface area contributed by atoms with Crippen molar-refractivity contribution >= 4 is 17.1 Å². The van der Waals surface area contributed by atoms with Gasteiger partial charge in [-0.1, -0.05) is 51.1 Å². The molecule has 1 aliphatic heterocycles. The fourth-order valence-corrected chi connectivity index (χ4v) is 4.67. The van der Waals surface area contributed by atoms with Crippen LogP contribution < -0.4 is 24.3 Å². The lowest BCUT2D eigenvalue weighted by atomic mass is 9.88. The highest BCUT2D eigenvalue weighted by Gasteiger charge is 2.31. The first-order chi connectivity index (χ1) is 19.4. The molecule has 2 aliphatic rings. The van der Waals surface area contributed by atoms with Gasteiger partial charge in [0.05, 0.1) is 5.92 Å². The molecule has 7 heteroatoms. The first kappa shape index (κ1) is 27.7. The van der Waals surface area contributed by atoms with Crippen LogP contribution in [0, 0.1) is 5.92 Å². The van der Waals surface area contributed by atoms with Crippen molar-refractivity contribution in [2.75, 3.05) is 19.9 Å². The lowest BCUT2D eigenvalue weighted by molar-refractivity contribution is -0.135. The molecule has 0 aromatic heterocycles. The highest BCUT2D eigenvalue weighted by molar-refractivity contribution is 5.99. The van der Waals surface area contributed by atoms with E-state index in [-0.39, 0.29) is 25.3 Å². The summed E-state index contributed by atoms with van der Waals surface area (Å²) in [5, 5.41) is 13.4. The second-order valence-corrected chi connectivity index (χ2v) is 10.5. The monoisotopic (exact) mass is 543 g/mol. The molecule has 1 unspecified atom stereocenters. The number of nitrogens with one attached hydrogen (secondary N) is 1. The fourth-order valence-electron chi connectivity index (χ4n) is 4.67. The lowest BCUT2D eigenvalue weighted by Crippen LogP contribution is -2.35. The van der Waals surface area contributed by atoms with Crippen LogP contribution in [0.1, 0.15) is 56.7 Å². The highest BCUT2D eigenvalue weighted by atomic mass is 16.7. The minimum Gasteiger partial charge on any atom is -0.491 e. The third-order valence-corrected chi connectivity index (χ3v) is 7.00. The van der Waals surface area contributed by atoms with Gasteiger partial charge in [-0.2, -0.15) is 0 Å². The van der Waals surface area contributed by atoms with Gasteiger partial charge in [-0.3, -0.25) is 4.79 Å². The summed E-state index contributed by atoms with van der Waals surface area (Å²) in [6, 6.07) is 22.0. The van der Waals surface area contributed by atoms with Crippen molar-refractivity contribution in [3.63, 3.8) is 0 Å². The third kappa shape index (κ3) is 6.84. The van der Waals surface area contributed by atoms with Crippen LogP contribution in [-0.2, 0) is 4.79 Å². The number of carbonyl (C=O) groups excluding carboxylic acids is 1. The minimum atomic E-state index is -0.595. The zero-order valence-corrected chi connectivity index (χ0v) is 23.3. The van der Waals surface area contributed by atoms with Gasteiger partial charge in [0.1, 0.15) is 24.2 Å². The first-order valence-corrected chi connectivity index (χ1v) is 14.0. The molecular formula is C33H37NO6. The fraction of sp³-hybridized carbons (Fsp3) is 0.364. The molecule has 0 amide bonds. The Bertz CT molecular complexity index is 1340. The Balaban J connectivity index is 1.44. The summed E-state index contributed by atoms with van der Waals surface area (Å²) in [5.41, 5.74) is 5.28. The number of aliphatic hydroxyl groups excluding tert-OH is 1. The third-order valence-electron chi connectivity index (χ3n) is 7.00. The zero-order valence-electron chi connectivity index (χ0n) is 23.3. The van der Waals surface area contributed by atoms with E-state index < -0.39 is 6.10 Å². The van der Waals surface area contributed by atoms with Crippen LogP contribution in [0.4, 0.5) is 0 Å². The van der Waals surface area contributed by atoms with Gasteiger partial charge in [0, 0.05) is 12.6 Å². The Hall–Kier alpha value is -3.81. The molecule has 5 rings (SSSR count). The number of ether oxygens (including phenoxy) is 4. The summed E-state index contributed by atoms with van der Waals surface area (Å²) in [6.07, 6.45) is 2.00. The number of allylic oxidation sites excluding steroid dienone is 1. The van der Waals surface area contributed by atoms with Crippen molar-refractivity contribution in [2.45, 2.75) is 52.2 Å². The Kier molecular flexibility index (Phi) is 8.72. The van der Waals surface area contributed by atoms with E-state index in [2.05, 4.69) is 18.3 Å². The molecule has 3 aromatic rings. The Morgan fingerprint density at radius 2 is 1.55 bits per heavy atom. The number of fused-ring (bicyclic) bond motifs is 1. The summed E-state index contributed by atoms with van der Waals surface area (Å²) >= 11 is 0. The van der Waals surface area contributed by atoms with E-state index in [9.17, 15) is 9.90 Å². The summed E-state index contributed by atoms with van der Waals surface area (Å²) in [4.78, 5) is 12.2. The second-order valence-electron chi connectivity index (χ2n) is 10.5. The van der Waals surface area contributed by atoms with Crippen molar-refractivity contribution in [3.05, 3.63) is 83.4 Å². The Labute approximate surface area is 235 Å². The van der Waals surface area contributed by atoms with E-state index >= 15 is 0 Å². The number of hydrogen-bond acceptors (Lipinski definition) is 7. The number of esters is 1. The topological polar surface area (TPSA) is 86.2 Å². The molecule has 7 nitrogen and oxygen atoms in total. The lowest BCUT2D eigenvalue weighted by Gasteiger charge is -2.18. The number of aliphatic hydroxyl groups is 1. The van der Waals surface area contributed by atoms with Crippen LogP contribution in [0.25, 0.3) is 11.1 Å². The summed E-state index contributed by atoms with van der Waals surface area (Å²) in [6.45, 7) is 7.13. The van der Waals surface area contributed by atoms with Crippen LogP contribution in [0.3, 0.4) is 0 Å². The number of rotatable bonds is 12. The van der Waals surface area contributed by atoms with Gasteiger partial charge in [-0.15, -0.1) is 0 Å². The smallest absolute Gasteiger partial charge is 0.314 e. The van der Waals surface area contributed by atoms with E-state index in [0.29, 0.717) is 24.1 Å². The maximum absolute atomic E-state index is 12.2. The largest absolute Gasteiger partial charge is 0.491 e. The van der Waals surface area contributed by atoms with E-state index in [1.165, 1.54) is 0 Å². The van der Waals surface area contributed by atoms with Gasteiger partial charge in [0.2, 0.25) is 6.79 Å². The maximum Gasteiger partial charge on any atom is 0.314 e. The summed E-state index contributed by atoms with van der Waals surface area (Å²) in [5.74, 6) is 2.61. The normalized spacial score (nSPS) is 15.5. The average Bonchev–Trinajstić information content (AvgIpc) is 3.72. The van der Waals surface area contributed by atoms with Crippen molar-refractivity contribution in [1.82, 2.24) is 5.32 Å². The quantitative estimate of drug-likeness (QED) is 0.169. The molecule has 1 saturated carbocycles. The number of carbonyl (C=O) groups is 1.